The van der Waals surface area contributed by atoms with Crippen molar-refractivity contribution in [2.75, 3.05) is 5.32 Å². The van der Waals surface area contributed by atoms with Crippen molar-refractivity contribution in [3.63, 3.8) is 0 Å². The Hall–Kier alpha value is -2.20. The highest BCUT2D eigenvalue weighted by atomic mass is 19.1. The molecule has 0 bridgehead atoms. The summed E-state index contributed by atoms with van der Waals surface area (Å²) in [6, 6.07) is 10.9. The minimum Gasteiger partial charge on any atom is -0.378 e. The molecule has 3 nitrogen and oxygen atoms in total. The third kappa shape index (κ3) is 3.22. The van der Waals surface area contributed by atoms with Crippen LogP contribution in [0, 0.1) is 19.7 Å². The minimum absolute atomic E-state index is 0.356. The van der Waals surface area contributed by atoms with Gasteiger partial charge in [0.15, 0.2) is 6.10 Å². The van der Waals surface area contributed by atoms with Crippen molar-refractivity contribution in [3.8, 4) is 0 Å². The summed E-state index contributed by atoms with van der Waals surface area (Å²) in [7, 11) is 0. The van der Waals surface area contributed by atoms with E-state index in [2.05, 4.69) is 5.32 Å². The number of aryl methyl sites for hydroxylation is 2. The van der Waals surface area contributed by atoms with E-state index in [0.29, 0.717) is 11.3 Å². The number of hydrogen-bond donors (Lipinski definition) is 2. The van der Waals surface area contributed by atoms with Crippen molar-refractivity contribution in [2.24, 2.45) is 0 Å². The van der Waals surface area contributed by atoms with Crippen molar-refractivity contribution >= 4 is 11.6 Å². The van der Waals surface area contributed by atoms with Crippen molar-refractivity contribution in [1.29, 1.82) is 0 Å². The third-order valence-electron chi connectivity index (χ3n) is 3.09. The van der Waals surface area contributed by atoms with Gasteiger partial charge in [0.05, 0.1) is 0 Å². The highest BCUT2D eigenvalue weighted by Gasteiger charge is 2.18. The zero-order valence-corrected chi connectivity index (χ0v) is 11.4. The van der Waals surface area contributed by atoms with Gasteiger partial charge in [0.1, 0.15) is 5.82 Å². The highest BCUT2D eigenvalue weighted by molar-refractivity contribution is 5.95. The van der Waals surface area contributed by atoms with Crippen LogP contribution < -0.4 is 5.32 Å². The van der Waals surface area contributed by atoms with Crippen LogP contribution in [-0.2, 0) is 4.79 Å². The molecule has 0 aliphatic rings. The van der Waals surface area contributed by atoms with E-state index in [1.165, 1.54) is 24.3 Å². The summed E-state index contributed by atoms with van der Waals surface area (Å²) in [6.07, 6.45) is -1.32. The van der Waals surface area contributed by atoms with Crippen LogP contribution in [0.3, 0.4) is 0 Å². The van der Waals surface area contributed by atoms with Crippen LogP contribution >= 0.6 is 0 Å². The molecule has 0 radical (unpaired) electrons. The Morgan fingerprint density at radius 2 is 1.80 bits per heavy atom. The van der Waals surface area contributed by atoms with Crippen molar-refractivity contribution in [1.82, 2.24) is 0 Å². The second kappa shape index (κ2) is 5.84. The molecule has 104 valence electrons. The average molecular weight is 273 g/mol. The molecule has 2 N–H and O–H groups in total. The molecule has 2 rings (SSSR count). The van der Waals surface area contributed by atoms with Gasteiger partial charge in [-0.1, -0.05) is 24.3 Å². The number of aliphatic hydroxyl groups excluding tert-OH is 1. The van der Waals surface area contributed by atoms with Gasteiger partial charge in [-0.05, 0) is 48.7 Å². The van der Waals surface area contributed by atoms with E-state index in [4.69, 9.17) is 0 Å². The normalized spacial score (nSPS) is 12.0. The third-order valence-corrected chi connectivity index (χ3v) is 3.09. The quantitative estimate of drug-likeness (QED) is 0.902. The molecule has 2 aromatic rings. The second-order valence-electron chi connectivity index (χ2n) is 4.76. The molecule has 1 unspecified atom stereocenters. The van der Waals surface area contributed by atoms with Gasteiger partial charge < -0.3 is 10.4 Å². The number of anilines is 1. The largest absolute Gasteiger partial charge is 0.378 e. The topological polar surface area (TPSA) is 49.3 Å². The SMILES string of the molecule is Cc1ccc(C)c(NC(=O)C(O)c2ccc(F)cc2)c1. The molecule has 20 heavy (non-hydrogen) atoms. The maximum absolute atomic E-state index is 12.8. The fraction of sp³-hybridized carbons (Fsp3) is 0.188. The Bertz CT molecular complexity index is 623. The number of hydrogen-bond acceptors (Lipinski definition) is 2. The number of carbonyl (C=O) groups excluding carboxylic acids is 1. The maximum atomic E-state index is 12.8. The zero-order valence-electron chi connectivity index (χ0n) is 11.4. The number of halogens is 1. The average Bonchev–Trinajstić information content (AvgIpc) is 2.43. The summed E-state index contributed by atoms with van der Waals surface area (Å²) in [5, 5.41) is 12.6. The van der Waals surface area contributed by atoms with E-state index in [-0.39, 0.29) is 0 Å². The van der Waals surface area contributed by atoms with Gasteiger partial charge in [-0.2, -0.15) is 0 Å². The van der Waals surface area contributed by atoms with Gasteiger partial charge >= 0.3 is 0 Å². The number of carbonyl (C=O) groups is 1. The lowest BCUT2D eigenvalue weighted by atomic mass is 10.1. The molecule has 0 aliphatic carbocycles. The summed E-state index contributed by atoms with van der Waals surface area (Å²) in [5.41, 5.74) is 2.95. The molecule has 1 atom stereocenters. The molecule has 0 heterocycles. The zero-order chi connectivity index (χ0) is 14.7. The lowest BCUT2D eigenvalue weighted by Gasteiger charge is -2.13. The van der Waals surface area contributed by atoms with E-state index in [0.717, 1.165) is 11.1 Å². The summed E-state index contributed by atoms with van der Waals surface area (Å²) < 4.78 is 12.8. The van der Waals surface area contributed by atoms with Crippen LogP contribution in [0.15, 0.2) is 42.5 Å². The van der Waals surface area contributed by atoms with Crippen LogP contribution in [0.2, 0.25) is 0 Å². The monoisotopic (exact) mass is 273 g/mol. The van der Waals surface area contributed by atoms with E-state index in [1.54, 1.807) is 0 Å². The van der Waals surface area contributed by atoms with Crippen LogP contribution in [-0.4, -0.2) is 11.0 Å². The fourth-order valence-electron chi connectivity index (χ4n) is 1.87. The first-order chi connectivity index (χ1) is 9.47. The fourth-order valence-corrected chi connectivity index (χ4v) is 1.87. The highest BCUT2D eigenvalue weighted by Crippen LogP contribution is 2.20. The number of nitrogens with one attached hydrogen (secondary N) is 1. The van der Waals surface area contributed by atoms with Crippen LogP contribution in [0.1, 0.15) is 22.8 Å². The first kappa shape index (κ1) is 14.2. The van der Waals surface area contributed by atoms with Crippen LogP contribution in [0.25, 0.3) is 0 Å². The number of amides is 1. The molecule has 0 aromatic heterocycles. The number of benzene rings is 2. The van der Waals surface area contributed by atoms with Gasteiger partial charge in [-0.15, -0.1) is 0 Å². The molecule has 4 heteroatoms. The van der Waals surface area contributed by atoms with Gasteiger partial charge in [-0.25, -0.2) is 4.39 Å². The number of rotatable bonds is 3. The molecule has 1 amide bonds. The summed E-state index contributed by atoms with van der Waals surface area (Å²) in [4.78, 5) is 12.0. The molecule has 0 fully saturated rings. The predicted octanol–water partition coefficient (Wildman–Crippen LogP) is 3.11. The van der Waals surface area contributed by atoms with E-state index in [1.807, 2.05) is 32.0 Å². The Morgan fingerprint density at radius 3 is 2.45 bits per heavy atom. The summed E-state index contributed by atoms with van der Waals surface area (Å²) >= 11 is 0. The van der Waals surface area contributed by atoms with Gasteiger partial charge in [-0.3, -0.25) is 4.79 Å². The first-order valence-electron chi connectivity index (χ1n) is 6.29. The Morgan fingerprint density at radius 1 is 1.15 bits per heavy atom. The summed E-state index contributed by atoms with van der Waals surface area (Å²) in [6.45, 7) is 3.80. The maximum Gasteiger partial charge on any atom is 0.257 e. The van der Waals surface area contributed by atoms with Crippen LogP contribution in [0.4, 0.5) is 10.1 Å². The molecular formula is C16H16FNO2. The first-order valence-corrected chi connectivity index (χ1v) is 6.29. The van der Waals surface area contributed by atoms with Crippen molar-refractivity contribution < 1.29 is 14.3 Å². The Kier molecular flexibility index (Phi) is 4.15. The lowest BCUT2D eigenvalue weighted by molar-refractivity contribution is -0.124. The standard InChI is InChI=1S/C16H16FNO2/c1-10-3-4-11(2)14(9-10)18-16(20)15(19)12-5-7-13(17)8-6-12/h3-9,15,19H,1-2H3,(H,18,20). The Balaban J connectivity index is 2.15. The van der Waals surface area contributed by atoms with E-state index >= 15 is 0 Å². The van der Waals surface area contributed by atoms with Crippen molar-refractivity contribution in [3.05, 3.63) is 65.0 Å². The minimum atomic E-state index is -1.32. The summed E-state index contributed by atoms with van der Waals surface area (Å²) in [5.74, 6) is -0.943. The second-order valence-corrected chi connectivity index (χ2v) is 4.76. The van der Waals surface area contributed by atoms with Gasteiger partial charge in [0, 0.05) is 5.69 Å². The molecule has 0 spiro atoms. The Labute approximate surface area is 117 Å². The smallest absolute Gasteiger partial charge is 0.257 e. The molecule has 0 saturated carbocycles. The number of aliphatic hydroxyl groups is 1. The molecule has 0 saturated heterocycles. The van der Waals surface area contributed by atoms with Gasteiger partial charge in [0.2, 0.25) is 0 Å². The van der Waals surface area contributed by atoms with Gasteiger partial charge in [0.25, 0.3) is 5.91 Å². The molecule has 0 aliphatic heterocycles. The lowest BCUT2D eigenvalue weighted by Crippen LogP contribution is -2.21. The van der Waals surface area contributed by atoms with Crippen LogP contribution in [0.5, 0.6) is 0 Å². The molecule has 2 aromatic carbocycles. The van der Waals surface area contributed by atoms with E-state index < -0.39 is 17.8 Å². The predicted molar refractivity (Wildman–Crippen MR) is 75.9 cm³/mol. The van der Waals surface area contributed by atoms with E-state index in [9.17, 15) is 14.3 Å². The van der Waals surface area contributed by atoms with Crippen molar-refractivity contribution in [2.45, 2.75) is 20.0 Å². The molecular weight excluding hydrogens is 257 g/mol.